The van der Waals surface area contributed by atoms with Crippen molar-refractivity contribution in [2.24, 2.45) is 10.1 Å². The highest BCUT2D eigenvalue weighted by atomic mass is 32.1. The Hall–Kier alpha value is -3.19. The van der Waals surface area contributed by atoms with Crippen LogP contribution in [-0.4, -0.2) is 27.6 Å². The number of aromatic nitrogens is 1. The van der Waals surface area contributed by atoms with Gasteiger partial charge in [0.05, 0.1) is 18.5 Å². The largest absolute Gasteiger partial charge is 0.508 e. The minimum atomic E-state index is -0.363. The van der Waals surface area contributed by atoms with E-state index in [0.717, 1.165) is 5.57 Å². The Morgan fingerprint density at radius 2 is 2.04 bits per heavy atom. The third kappa shape index (κ3) is 4.32. The lowest BCUT2D eigenvalue weighted by atomic mass is 10.1. The molecule has 0 spiro atoms. The van der Waals surface area contributed by atoms with Crippen molar-refractivity contribution < 1.29 is 14.6 Å². The molecule has 0 fully saturated rings. The molecule has 27 heavy (non-hydrogen) atoms. The maximum absolute atomic E-state index is 14.3. The molecule has 0 aliphatic carbocycles. The van der Waals surface area contributed by atoms with Gasteiger partial charge in [-0.15, -0.1) is 11.3 Å². The number of aromatic hydroxyl groups is 2. The van der Waals surface area contributed by atoms with Crippen LogP contribution in [0.5, 0.6) is 11.5 Å². The van der Waals surface area contributed by atoms with Crippen molar-refractivity contribution >= 4 is 17.6 Å². The molecule has 5 nitrogen and oxygen atoms in total. The minimum absolute atomic E-state index is 0.0444. The van der Waals surface area contributed by atoms with Crippen molar-refractivity contribution in [2.45, 2.75) is 6.92 Å². The zero-order valence-electron chi connectivity index (χ0n) is 14.6. The van der Waals surface area contributed by atoms with Crippen LogP contribution < -0.4 is 4.80 Å². The molecule has 2 N–H and O–H groups in total. The summed E-state index contributed by atoms with van der Waals surface area (Å²) in [5.74, 6) is -0.516. The average Bonchev–Trinajstić information content (AvgIpc) is 3.02. The summed E-state index contributed by atoms with van der Waals surface area (Å²) < 4.78 is 15.8. The molecule has 3 aromatic rings. The summed E-state index contributed by atoms with van der Waals surface area (Å²) in [5.41, 5.74) is 2.25. The Labute approximate surface area is 159 Å². The molecule has 0 atom stereocenters. The number of hydrogen-bond acceptors (Lipinski definition) is 5. The highest BCUT2D eigenvalue weighted by Crippen LogP contribution is 2.24. The van der Waals surface area contributed by atoms with E-state index in [-0.39, 0.29) is 17.3 Å². The quantitative estimate of drug-likeness (QED) is 0.514. The van der Waals surface area contributed by atoms with Crippen LogP contribution in [0.15, 0.2) is 70.1 Å². The van der Waals surface area contributed by atoms with Crippen molar-refractivity contribution in [3.05, 3.63) is 76.2 Å². The van der Waals surface area contributed by atoms with Crippen LogP contribution in [0.3, 0.4) is 0 Å². The zero-order valence-corrected chi connectivity index (χ0v) is 15.4. The van der Waals surface area contributed by atoms with Crippen LogP contribution in [0.25, 0.3) is 11.3 Å². The van der Waals surface area contributed by atoms with Gasteiger partial charge in [-0.1, -0.05) is 24.3 Å². The van der Waals surface area contributed by atoms with Gasteiger partial charge in [0.25, 0.3) is 0 Å². The Morgan fingerprint density at radius 3 is 2.74 bits per heavy atom. The lowest BCUT2D eigenvalue weighted by Crippen LogP contribution is -2.13. The van der Waals surface area contributed by atoms with Crippen molar-refractivity contribution in [2.75, 3.05) is 6.54 Å². The van der Waals surface area contributed by atoms with Gasteiger partial charge in [0.1, 0.15) is 17.3 Å². The van der Waals surface area contributed by atoms with Crippen LogP contribution in [-0.2, 0) is 0 Å². The molecule has 0 saturated heterocycles. The highest BCUT2D eigenvalue weighted by molar-refractivity contribution is 7.07. The Bertz CT molecular complexity index is 1080. The number of phenolic OH excluding ortho intramolecular Hbond substituents is 2. The van der Waals surface area contributed by atoms with E-state index in [0.29, 0.717) is 28.2 Å². The second-order valence-corrected chi connectivity index (χ2v) is 6.79. The molecule has 7 heteroatoms. The first kappa shape index (κ1) is 18.6. The highest BCUT2D eigenvalue weighted by Gasteiger charge is 2.11. The van der Waals surface area contributed by atoms with Crippen molar-refractivity contribution in [3.63, 3.8) is 0 Å². The number of nitrogens with zero attached hydrogens (tertiary/aromatic N) is 3. The van der Waals surface area contributed by atoms with E-state index in [2.05, 4.69) is 16.7 Å². The summed E-state index contributed by atoms with van der Waals surface area (Å²) in [7, 11) is 0. The lowest BCUT2D eigenvalue weighted by Gasteiger charge is -2.05. The monoisotopic (exact) mass is 383 g/mol. The molecule has 0 aliphatic rings. The van der Waals surface area contributed by atoms with E-state index < -0.39 is 0 Å². The van der Waals surface area contributed by atoms with Gasteiger partial charge in [-0.25, -0.2) is 9.07 Å². The predicted octanol–water partition coefficient (Wildman–Crippen LogP) is 4.13. The van der Waals surface area contributed by atoms with E-state index in [1.165, 1.54) is 46.5 Å². The molecule has 0 aliphatic heterocycles. The molecule has 1 aromatic heterocycles. The normalized spacial score (nSPS) is 12.0. The van der Waals surface area contributed by atoms with E-state index in [9.17, 15) is 14.6 Å². The number of benzene rings is 2. The topological polar surface area (TPSA) is 70.1 Å². The average molecular weight is 383 g/mol. The molecule has 0 bridgehead atoms. The first-order valence-corrected chi connectivity index (χ1v) is 9.00. The van der Waals surface area contributed by atoms with Crippen molar-refractivity contribution in [1.29, 1.82) is 0 Å². The van der Waals surface area contributed by atoms with Crippen LogP contribution >= 0.6 is 11.3 Å². The molecule has 3 rings (SSSR count). The number of rotatable bonds is 5. The molecular formula is C20H18FN3O2S. The van der Waals surface area contributed by atoms with Gasteiger partial charge in [-0.2, -0.15) is 5.10 Å². The fraction of sp³-hybridized carbons (Fsp3) is 0.100. The van der Waals surface area contributed by atoms with Gasteiger partial charge in [0, 0.05) is 22.6 Å². The minimum Gasteiger partial charge on any atom is -0.508 e. The fourth-order valence-electron chi connectivity index (χ4n) is 2.34. The van der Waals surface area contributed by atoms with E-state index in [1.54, 1.807) is 23.6 Å². The first-order chi connectivity index (χ1) is 13.0. The van der Waals surface area contributed by atoms with Gasteiger partial charge in [0.15, 0.2) is 0 Å². The predicted molar refractivity (Wildman–Crippen MR) is 106 cm³/mol. The summed E-state index contributed by atoms with van der Waals surface area (Å²) in [6, 6.07) is 10.6. The van der Waals surface area contributed by atoms with Crippen molar-refractivity contribution in [3.8, 4) is 22.8 Å². The third-order valence-electron chi connectivity index (χ3n) is 3.65. The summed E-state index contributed by atoms with van der Waals surface area (Å²) >= 11 is 1.34. The molecule has 0 saturated carbocycles. The third-order valence-corrected chi connectivity index (χ3v) is 4.50. The Morgan fingerprint density at radius 1 is 1.26 bits per heavy atom. The molecule has 1 heterocycles. The molecule has 0 amide bonds. The maximum atomic E-state index is 14.3. The lowest BCUT2D eigenvalue weighted by molar-refractivity contribution is 0.450. The maximum Gasteiger partial charge on any atom is 0.206 e. The van der Waals surface area contributed by atoms with Crippen LogP contribution in [0, 0.1) is 5.82 Å². The van der Waals surface area contributed by atoms with Crippen LogP contribution in [0.2, 0.25) is 0 Å². The van der Waals surface area contributed by atoms with Crippen LogP contribution in [0.4, 0.5) is 4.39 Å². The first-order valence-electron chi connectivity index (χ1n) is 8.12. The van der Waals surface area contributed by atoms with Gasteiger partial charge in [-0.05, 0) is 31.2 Å². The summed E-state index contributed by atoms with van der Waals surface area (Å²) in [6.07, 6.45) is 1.44. The van der Waals surface area contributed by atoms with Crippen LogP contribution in [0.1, 0.15) is 12.5 Å². The number of hydrogen-bond donors (Lipinski definition) is 2. The number of halogens is 1. The van der Waals surface area contributed by atoms with Gasteiger partial charge < -0.3 is 10.2 Å². The molecule has 2 aromatic carbocycles. The fourth-order valence-corrected chi connectivity index (χ4v) is 3.17. The second kappa shape index (κ2) is 8.01. The van der Waals surface area contributed by atoms with E-state index in [4.69, 9.17) is 0 Å². The Balaban J connectivity index is 2.12. The Kier molecular flexibility index (Phi) is 5.52. The smallest absolute Gasteiger partial charge is 0.206 e. The molecule has 138 valence electrons. The molecule has 0 unspecified atom stereocenters. The molecular weight excluding hydrogens is 365 g/mol. The summed E-state index contributed by atoms with van der Waals surface area (Å²) in [5, 5.41) is 25.5. The standard InChI is InChI=1S/C20H18FN3O2S/c1-13(2)10-22-20-24(23-11-14-7-8-15(25)9-19(14)26)18(12-27-20)16-5-3-4-6-17(16)21/h3-9,11-12,25-26H,1,10H2,2H3. The van der Waals surface area contributed by atoms with E-state index in [1.807, 2.05) is 6.92 Å². The van der Waals surface area contributed by atoms with Gasteiger partial charge in [0.2, 0.25) is 4.80 Å². The zero-order chi connectivity index (χ0) is 19.4. The van der Waals surface area contributed by atoms with Crippen molar-refractivity contribution in [1.82, 2.24) is 4.68 Å². The number of phenols is 2. The SMILES string of the molecule is C=C(C)CN=c1scc(-c2ccccc2F)n1N=Cc1ccc(O)cc1O. The second-order valence-electron chi connectivity index (χ2n) is 5.96. The van der Waals surface area contributed by atoms with Gasteiger partial charge in [-0.3, -0.25) is 4.99 Å². The van der Waals surface area contributed by atoms with Gasteiger partial charge >= 0.3 is 0 Å². The summed E-state index contributed by atoms with van der Waals surface area (Å²) in [6.45, 7) is 6.14. The number of thiazole rings is 1. The van der Waals surface area contributed by atoms with E-state index >= 15 is 0 Å². The molecule has 0 radical (unpaired) electrons. The summed E-state index contributed by atoms with van der Waals surface area (Å²) in [4.78, 5) is 5.05.